The SMILES string of the molecule is [CH2]Cc1[c]cccc1. The average Bonchev–Trinajstić information content (AvgIpc) is 1.90. The summed E-state index contributed by atoms with van der Waals surface area (Å²) in [6.07, 6.45) is 0.834. The van der Waals surface area contributed by atoms with E-state index in [1.165, 1.54) is 5.56 Å². The van der Waals surface area contributed by atoms with Gasteiger partial charge in [0.2, 0.25) is 0 Å². The molecule has 0 aromatic heterocycles. The smallest absolute Gasteiger partial charge is 0.0149 e. The molecule has 8 heavy (non-hydrogen) atoms. The molecule has 0 bridgehead atoms. The molecule has 0 amide bonds. The summed E-state index contributed by atoms with van der Waals surface area (Å²) in [4.78, 5) is 0. The third-order valence-electron chi connectivity index (χ3n) is 1.04. The maximum absolute atomic E-state index is 3.72. The summed E-state index contributed by atoms with van der Waals surface area (Å²) in [5.74, 6) is 0. The monoisotopic (exact) mass is 104 g/mol. The van der Waals surface area contributed by atoms with Gasteiger partial charge in [-0.15, -0.1) is 0 Å². The fourth-order valence-electron chi connectivity index (χ4n) is 0.586. The van der Waals surface area contributed by atoms with Crippen LogP contribution in [0.4, 0.5) is 0 Å². The third kappa shape index (κ3) is 1.09. The Balaban J connectivity index is 2.83. The molecule has 0 spiro atoms. The molecule has 0 N–H and O–H groups in total. The summed E-state index contributed by atoms with van der Waals surface area (Å²) in [5, 5.41) is 0. The van der Waals surface area contributed by atoms with Crippen LogP contribution in [0.5, 0.6) is 0 Å². The van der Waals surface area contributed by atoms with E-state index in [2.05, 4.69) is 13.0 Å². The zero-order chi connectivity index (χ0) is 5.82. The first-order chi connectivity index (χ1) is 3.93. The van der Waals surface area contributed by atoms with Crippen molar-refractivity contribution < 1.29 is 0 Å². The number of benzene rings is 1. The molecule has 0 saturated carbocycles. The summed E-state index contributed by atoms with van der Waals surface area (Å²) >= 11 is 0. The van der Waals surface area contributed by atoms with Crippen molar-refractivity contribution in [2.24, 2.45) is 0 Å². The van der Waals surface area contributed by atoms with Crippen molar-refractivity contribution in [1.82, 2.24) is 0 Å². The molecule has 0 aliphatic heterocycles. The lowest BCUT2D eigenvalue weighted by Crippen LogP contribution is -1.75. The van der Waals surface area contributed by atoms with Crippen LogP contribution >= 0.6 is 0 Å². The summed E-state index contributed by atoms with van der Waals surface area (Å²) in [6.45, 7) is 3.72. The molecule has 0 unspecified atom stereocenters. The van der Waals surface area contributed by atoms with E-state index in [4.69, 9.17) is 0 Å². The van der Waals surface area contributed by atoms with Gasteiger partial charge in [-0.25, -0.2) is 0 Å². The van der Waals surface area contributed by atoms with Gasteiger partial charge in [0.15, 0.2) is 0 Å². The minimum Gasteiger partial charge on any atom is -0.0620 e. The van der Waals surface area contributed by atoms with Gasteiger partial charge in [0.05, 0.1) is 0 Å². The second-order valence-electron chi connectivity index (χ2n) is 1.64. The zero-order valence-electron chi connectivity index (χ0n) is 4.72. The summed E-state index contributed by atoms with van der Waals surface area (Å²) in [6, 6.07) is 10.9. The van der Waals surface area contributed by atoms with E-state index in [0.29, 0.717) is 0 Å². The van der Waals surface area contributed by atoms with Gasteiger partial charge < -0.3 is 0 Å². The molecule has 0 fully saturated rings. The highest BCUT2D eigenvalue weighted by molar-refractivity contribution is 5.13. The molecule has 1 rings (SSSR count). The summed E-state index contributed by atoms with van der Waals surface area (Å²) in [5.41, 5.74) is 1.17. The fourth-order valence-corrected chi connectivity index (χ4v) is 0.586. The number of hydrogen-bond acceptors (Lipinski definition) is 0. The molecular weight excluding hydrogens is 96.1 g/mol. The van der Waals surface area contributed by atoms with Crippen molar-refractivity contribution in [3.05, 3.63) is 42.8 Å². The van der Waals surface area contributed by atoms with Gasteiger partial charge in [-0.2, -0.15) is 0 Å². The normalized spacial score (nSPS) is 9.12. The Hall–Kier alpha value is -0.780. The van der Waals surface area contributed by atoms with Crippen LogP contribution < -0.4 is 0 Å². The van der Waals surface area contributed by atoms with E-state index < -0.39 is 0 Å². The maximum Gasteiger partial charge on any atom is -0.0149 e. The zero-order valence-corrected chi connectivity index (χ0v) is 4.72. The van der Waals surface area contributed by atoms with Crippen LogP contribution in [0.25, 0.3) is 0 Å². The highest BCUT2D eigenvalue weighted by Gasteiger charge is 1.80. The Morgan fingerprint density at radius 1 is 1.50 bits per heavy atom. The Kier molecular flexibility index (Phi) is 1.68. The van der Waals surface area contributed by atoms with Crippen LogP contribution in [0, 0.1) is 13.0 Å². The van der Waals surface area contributed by atoms with Crippen LogP contribution in [-0.2, 0) is 6.42 Å². The first kappa shape index (κ1) is 5.36. The second kappa shape index (κ2) is 2.51. The van der Waals surface area contributed by atoms with E-state index in [-0.39, 0.29) is 0 Å². The minimum absolute atomic E-state index is 0.834. The molecule has 0 atom stereocenters. The molecule has 2 radical (unpaired) electrons. The minimum atomic E-state index is 0.834. The van der Waals surface area contributed by atoms with Gasteiger partial charge in [-0.3, -0.25) is 0 Å². The lowest BCUT2D eigenvalue weighted by molar-refractivity contribution is 1.27. The second-order valence-corrected chi connectivity index (χ2v) is 1.64. The van der Waals surface area contributed by atoms with E-state index in [1.54, 1.807) is 0 Å². The molecule has 0 nitrogen and oxygen atoms in total. The van der Waals surface area contributed by atoms with Gasteiger partial charge in [0.1, 0.15) is 0 Å². The molecular formula is C8H8. The number of hydrogen-bond donors (Lipinski definition) is 0. The molecule has 1 aromatic carbocycles. The largest absolute Gasteiger partial charge is 0.0620 e. The van der Waals surface area contributed by atoms with E-state index in [1.807, 2.05) is 24.3 Å². The van der Waals surface area contributed by atoms with Gasteiger partial charge in [-0.1, -0.05) is 24.3 Å². The van der Waals surface area contributed by atoms with Crippen LogP contribution in [0.3, 0.4) is 0 Å². The first-order valence-corrected chi connectivity index (χ1v) is 2.68. The highest BCUT2D eigenvalue weighted by Crippen LogP contribution is 1.95. The van der Waals surface area contributed by atoms with E-state index in [9.17, 15) is 0 Å². The average molecular weight is 104 g/mol. The van der Waals surface area contributed by atoms with Crippen LogP contribution in [0.1, 0.15) is 5.56 Å². The Morgan fingerprint density at radius 2 is 2.38 bits per heavy atom. The molecule has 0 saturated heterocycles. The van der Waals surface area contributed by atoms with Gasteiger partial charge in [-0.05, 0) is 25.0 Å². The highest BCUT2D eigenvalue weighted by atomic mass is 13.9. The fraction of sp³-hybridized carbons (Fsp3) is 0.125. The molecule has 0 aliphatic rings. The van der Waals surface area contributed by atoms with Crippen molar-refractivity contribution >= 4 is 0 Å². The quantitative estimate of drug-likeness (QED) is 0.510. The Bertz CT molecular complexity index is 141. The van der Waals surface area contributed by atoms with Crippen molar-refractivity contribution in [2.75, 3.05) is 0 Å². The lowest BCUT2D eigenvalue weighted by Gasteiger charge is -1.88. The van der Waals surface area contributed by atoms with Gasteiger partial charge in [0, 0.05) is 0 Å². The van der Waals surface area contributed by atoms with E-state index in [0.717, 1.165) is 6.42 Å². The lowest BCUT2D eigenvalue weighted by atomic mass is 10.2. The first-order valence-electron chi connectivity index (χ1n) is 2.68. The van der Waals surface area contributed by atoms with E-state index >= 15 is 0 Å². The number of rotatable bonds is 1. The summed E-state index contributed by atoms with van der Waals surface area (Å²) in [7, 11) is 0. The van der Waals surface area contributed by atoms with Crippen molar-refractivity contribution in [2.45, 2.75) is 6.42 Å². The molecule has 0 aliphatic carbocycles. The predicted molar refractivity (Wildman–Crippen MR) is 34.3 cm³/mol. The van der Waals surface area contributed by atoms with Crippen LogP contribution in [-0.4, -0.2) is 0 Å². The van der Waals surface area contributed by atoms with Crippen molar-refractivity contribution in [3.8, 4) is 0 Å². The maximum atomic E-state index is 3.72. The Labute approximate surface area is 50.2 Å². The predicted octanol–water partition coefficient (Wildman–Crippen LogP) is 1.86. The van der Waals surface area contributed by atoms with Crippen molar-refractivity contribution in [3.63, 3.8) is 0 Å². The summed E-state index contributed by atoms with van der Waals surface area (Å²) < 4.78 is 0. The molecule has 1 aromatic rings. The topological polar surface area (TPSA) is 0 Å². The third-order valence-corrected chi connectivity index (χ3v) is 1.04. The standard InChI is InChI=1S/C8H8/c1-2-8-6-4-3-5-7-8/h3-6H,1-2H2. The van der Waals surface area contributed by atoms with Crippen LogP contribution in [0.2, 0.25) is 0 Å². The molecule has 40 valence electrons. The molecule has 0 heteroatoms. The van der Waals surface area contributed by atoms with Gasteiger partial charge >= 0.3 is 0 Å². The van der Waals surface area contributed by atoms with Gasteiger partial charge in [0.25, 0.3) is 0 Å². The van der Waals surface area contributed by atoms with Crippen LogP contribution in [0.15, 0.2) is 24.3 Å². The van der Waals surface area contributed by atoms with Crippen molar-refractivity contribution in [1.29, 1.82) is 0 Å². The molecule has 0 heterocycles. The Morgan fingerprint density at radius 3 is 2.75 bits per heavy atom.